The minimum absolute atomic E-state index is 0.00463. The van der Waals surface area contributed by atoms with E-state index in [2.05, 4.69) is 0 Å². The third-order valence-corrected chi connectivity index (χ3v) is 14.5. The van der Waals surface area contributed by atoms with E-state index in [4.69, 9.17) is 42.1 Å². The van der Waals surface area contributed by atoms with E-state index in [-0.39, 0.29) is 29.7 Å². The fraction of sp³-hybridized carbons (Fsp3) is 0.786. The average Bonchev–Trinajstić information content (AvgIpc) is 3.59. The van der Waals surface area contributed by atoms with E-state index < -0.39 is 72.4 Å². The number of hydrogen-bond donors (Lipinski definition) is 1. The first-order valence-electron chi connectivity index (χ1n) is 14.3. The van der Waals surface area contributed by atoms with Gasteiger partial charge >= 0.3 is 252 Å². The molecule has 0 aliphatic carbocycles. The topological polar surface area (TPSA) is 137 Å². The van der Waals surface area contributed by atoms with Gasteiger partial charge in [0.15, 0.2) is 0 Å². The van der Waals surface area contributed by atoms with Gasteiger partial charge in [0.2, 0.25) is 0 Å². The van der Waals surface area contributed by atoms with Crippen LogP contribution in [0.4, 0.5) is 0 Å². The molecule has 1 N–H and O–H groups in total. The first-order valence-corrected chi connectivity index (χ1v) is 19.0. The number of benzene rings is 1. The van der Waals surface area contributed by atoms with Crippen LogP contribution in [0.5, 0.6) is 0 Å². The molecule has 5 saturated heterocycles. The van der Waals surface area contributed by atoms with Gasteiger partial charge in [0.05, 0.1) is 0 Å². The third-order valence-electron chi connectivity index (χ3n) is 8.05. The standard InChI is InChI=1S/C28H40O12SSe/c1-26(2)32-12-17(36-26)21-22(40-41(29,30)31)19(34-25(35-21)16-10-8-7-9-11-16)14-42-15-20-23(39-28(5,6)38-20)24(42)18-13-33-27(3,4)37-18/h7-11,17-25H,12-15H2,1-6H3/p+1/t17-,18-,19+,20+,21-,22-,23+,24-,25?,42?/m1/s1. The Morgan fingerprint density at radius 1 is 0.833 bits per heavy atom. The Balaban J connectivity index is 1.33. The van der Waals surface area contributed by atoms with E-state index in [1.807, 2.05) is 58.0 Å². The van der Waals surface area contributed by atoms with Crippen LogP contribution in [0.15, 0.2) is 30.3 Å². The zero-order valence-electron chi connectivity index (χ0n) is 24.7. The van der Waals surface area contributed by atoms with Crippen LogP contribution in [-0.2, 0) is 52.5 Å². The Labute approximate surface area is 251 Å². The van der Waals surface area contributed by atoms with Gasteiger partial charge in [-0.25, -0.2) is 0 Å². The van der Waals surface area contributed by atoms with Crippen molar-refractivity contribution >= 4 is 24.3 Å². The van der Waals surface area contributed by atoms with Crippen LogP contribution in [0, 0.1) is 0 Å². The second-order valence-corrected chi connectivity index (χ2v) is 18.6. The summed E-state index contributed by atoms with van der Waals surface area (Å²) in [6.45, 7) is 11.7. The quantitative estimate of drug-likeness (QED) is 0.334. The molecule has 1 aromatic carbocycles. The van der Waals surface area contributed by atoms with Gasteiger partial charge in [-0.2, -0.15) is 0 Å². The molecule has 0 amide bonds. The fourth-order valence-corrected chi connectivity index (χ4v) is 13.6. The van der Waals surface area contributed by atoms with Gasteiger partial charge in [-0.15, -0.1) is 0 Å². The van der Waals surface area contributed by atoms with E-state index in [1.54, 1.807) is 13.8 Å². The predicted octanol–water partition coefficient (Wildman–Crippen LogP) is 3.36. The Kier molecular flexibility index (Phi) is 8.39. The van der Waals surface area contributed by atoms with Crippen molar-refractivity contribution in [2.24, 2.45) is 0 Å². The molecule has 5 aliphatic heterocycles. The van der Waals surface area contributed by atoms with Crippen molar-refractivity contribution in [2.45, 2.75) is 123 Å². The molecule has 236 valence electrons. The van der Waals surface area contributed by atoms with Gasteiger partial charge in [-0.3, -0.25) is 0 Å². The van der Waals surface area contributed by atoms with Gasteiger partial charge in [-0.1, -0.05) is 0 Å². The Hall–Kier alpha value is -0.711. The molecule has 12 nitrogen and oxygen atoms in total. The van der Waals surface area contributed by atoms with E-state index in [9.17, 15) is 13.0 Å². The Bertz CT molecular complexity index is 1230. The number of hydrogen-bond acceptors (Lipinski definition) is 11. The van der Waals surface area contributed by atoms with Crippen LogP contribution >= 0.6 is 0 Å². The number of ether oxygens (including phenoxy) is 8. The van der Waals surface area contributed by atoms with E-state index >= 15 is 0 Å². The molecule has 5 heterocycles. The molecule has 6 rings (SSSR count). The molecular weight excluding hydrogens is 639 g/mol. The second kappa shape index (κ2) is 11.3. The van der Waals surface area contributed by atoms with E-state index in [0.29, 0.717) is 11.9 Å². The predicted molar refractivity (Wildman–Crippen MR) is 148 cm³/mol. The van der Waals surface area contributed by atoms with Crippen LogP contribution in [0.25, 0.3) is 0 Å². The number of fused-ring (bicyclic) bond motifs is 1. The van der Waals surface area contributed by atoms with Crippen molar-refractivity contribution < 1.29 is 55.0 Å². The molecule has 10 atom stereocenters. The Morgan fingerprint density at radius 3 is 2.05 bits per heavy atom. The molecular formula is C28H41O12SSe+. The fourth-order valence-electron chi connectivity index (χ4n) is 6.51. The van der Waals surface area contributed by atoms with Gasteiger partial charge in [-0.05, 0) is 0 Å². The molecule has 42 heavy (non-hydrogen) atoms. The van der Waals surface area contributed by atoms with Crippen LogP contribution in [-0.4, -0.2) is 100 Å². The minimum atomic E-state index is -4.88. The molecule has 5 aliphatic rings. The molecule has 0 bridgehead atoms. The molecule has 0 aromatic heterocycles. The third kappa shape index (κ3) is 6.76. The SMILES string of the molecule is CC1(C)O[C@@H]2[C@@H]([C@H]3COC(C)(C)O3)[Se+](C[C@@H]3OC(c4ccccc4)O[C@H]([C@H]4COC(C)(C)O4)[C@@H]3OS(=O)(=O)O)C[C@@H]2O1. The molecule has 0 radical (unpaired) electrons. The molecule has 5 fully saturated rings. The summed E-state index contributed by atoms with van der Waals surface area (Å²) in [5.74, 6) is -2.35. The van der Waals surface area contributed by atoms with Crippen LogP contribution in [0.1, 0.15) is 53.4 Å². The number of rotatable bonds is 7. The van der Waals surface area contributed by atoms with Crippen molar-refractivity contribution in [3.63, 3.8) is 0 Å². The first-order chi connectivity index (χ1) is 19.6. The van der Waals surface area contributed by atoms with Crippen molar-refractivity contribution in [1.29, 1.82) is 0 Å². The summed E-state index contributed by atoms with van der Waals surface area (Å²) < 4.78 is 89.4. The second-order valence-electron chi connectivity index (χ2n) is 12.7. The summed E-state index contributed by atoms with van der Waals surface area (Å²) in [4.78, 5) is -0.00463. The summed E-state index contributed by atoms with van der Waals surface area (Å²) in [6.07, 6.45) is -4.90. The van der Waals surface area contributed by atoms with Gasteiger partial charge in [0, 0.05) is 0 Å². The van der Waals surface area contributed by atoms with Crippen molar-refractivity contribution in [2.75, 3.05) is 13.2 Å². The molecule has 2 unspecified atom stereocenters. The summed E-state index contributed by atoms with van der Waals surface area (Å²) >= 11 is -1.72. The van der Waals surface area contributed by atoms with Crippen molar-refractivity contribution in [1.82, 2.24) is 0 Å². The summed E-state index contributed by atoms with van der Waals surface area (Å²) in [6, 6.07) is 9.41. The molecule has 0 saturated carbocycles. The van der Waals surface area contributed by atoms with Crippen LogP contribution in [0.3, 0.4) is 0 Å². The molecule has 14 heteroatoms. The normalized spacial score (nSPS) is 42.5. The average molecular weight is 681 g/mol. The maximum absolute atomic E-state index is 12.2. The summed E-state index contributed by atoms with van der Waals surface area (Å²) in [5.41, 5.74) is 0.763. The van der Waals surface area contributed by atoms with Crippen molar-refractivity contribution in [3.8, 4) is 0 Å². The summed E-state index contributed by atoms with van der Waals surface area (Å²) in [7, 11) is -4.88. The first kappa shape index (κ1) is 31.3. The van der Waals surface area contributed by atoms with Crippen LogP contribution < -0.4 is 0 Å². The Morgan fingerprint density at radius 2 is 1.45 bits per heavy atom. The van der Waals surface area contributed by atoms with Gasteiger partial charge in [0.1, 0.15) is 0 Å². The zero-order chi connectivity index (χ0) is 30.1. The van der Waals surface area contributed by atoms with Crippen molar-refractivity contribution in [3.05, 3.63) is 35.9 Å². The molecule has 0 spiro atoms. The molecule has 1 aromatic rings. The zero-order valence-corrected chi connectivity index (χ0v) is 27.2. The van der Waals surface area contributed by atoms with Gasteiger partial charge in [0.25, 0.3) is 0 Å². The van der Waals surface area contributed by atoms with Gasteiger partial charge < -0.3 is 0 Å². The van der Waals surface area contributed by atoms with E-state index in [0.717, 1.165) is 10.9 Å². The monoisotopic (exact) mass is 681 g/mol. The maximum atomic E-state index is 12.2. The van der Waals surface area contributed by atoms with E-state index in [1.165, 1.54) is 0 Å². The van der Waals surface area contributed by atoms with Crippen LogP contribution in [0.2, 0.25) is 15.5 Å². The summed E-state index contributed by atoms with van der Waals surface area (Å²) in [5, 5.41) is 1.24.